The van der Waals surface area contributed by atoms with Gasteiger partial charge in [0.2, 0.25) is 0 Å². The molecule has 0 radical (unpaired) electrons. The molecule has 0 spiro atoms. The van der Waals surface area contributed by atoms with Crippen LogP contribution in [0.3, 0.4) is 0 Å². The van der Waals surface area contributed by atoms with Crippen LogP contribution in [0.25, 0.3) is 0 Å². The number of nitrogens with zero attached hydrogens (tertiary/aromatic N) is 2. The number of benzene rings is 2. The molecule has 0 unspecified atom stereocenters. The molecule has 27 heavy (non-hydrogen) atoms. The Morgan fingerprint density at radius 2 is 1.89 bits per heavy atom. The summed E-state index contributed by atoms with van der Waals surface area (Å²) >= 11 is 0. The molecule has 0 saturated heterocycles. The van der Waals surface area contributed by atoms with Crippen LogP contribution in [0.15, 0.2) is 42.5 Å². The number of carbonyl (C=O) groups is 2. The van der Waals surface area contributed by atoms with E-state index in [1.807, 2.05) is 19.1 Å². The number of para-hydroxylation sites is 1. The van der Waals surface area contributed by atoms with Crippen LogP contribution in [0.2, 0.25) is 0 Å². The second-order valence-corrected chi connectivity index (χ2v) is 5.99. The number of hydrogen-bond donors (Lipinski definition) is 1. The molecule has 2 aromatic carbocycles. The molecule has 0 heterocycles. The van der Waals surface area contributed by atoms with Gasteiger partial charge in [0.25, 0.3) is 11.6 Å². The van der Waals surface area contributed by atoms with Gasteiger partial charge < -0.3 is 15.0 Å². The van der Waals surface area contributed by atoms with Crippen molar-refractivity contribution >= 4 is 28.9 Å². The van der Waals surface area contributed by atoms with Crippen molar-refractivity contribution in [3.63, 3.8) is 0 Å². The van der Waals surface area contributed by atoms with E-state index in [2.05, 4.69) is 5.32 Å². The minimum Gasteiger partial charge on any atom is -0.452 e. The normalized spacial score (nSPS) is 10.2. The predicted octanol–water partition coefficient (Wildman–Crippen LogP) is 3.02. The molecule has 0 saturated carbocycles. The van der Waals surface area contributed by atoms with Gasteiger partial charge in [-0.05, 0) is 30.2 Å². The van der Waals surface area contributed by atoms with Crippen LogP contribution in [0.1, 0.15) is 22.8 Å². The van der Waals surface area contributed by atoms with Crippen LogP contribution in [-0.4, -0.2) is 37.5 Å². The van der Waals surface area contributed by atoms with E-state index in [1.165, 1.54) is 12.1 Å². The molecular weight excluding hydrogens is 350 g/mol. The summed E-state index contributed by atoms with van der Waals surface area (Å²) in [6.07, 6.45) is 0.748. The number of esters is 1. The number of amides is 1. The van der Waals surface area contributed by atoms with E-state index in [-0.39, 0.29) is 11.3 Å². The van der Waals surface area contributed by atoms with E-state index in [9.17, 15) is 19.7 Å². The number of nitrogens with one attached hydrogen (secondary N) is 1. The van der Waals surface area contributed by atoms with Crippen LogP contribution in [0, 0.1) is 10.1 Å². The number of ether oxygens (including phenoxy) is 1. The molecular formula is C19H21N3O5. The van der Waals surface area contributed by atoms with Gasteiger partial charge in [-0.3, -0.25) is 14.9 Å². The van der Waals surface area contributed by atoms with Crippen molar-refractivity contribution in [2.24, 2.45) is 0 Å². The topological polar surface area (TPSA) is 102 Å². The van der Waals surface area contributed by atoms with E-state index < -0.39 is 23.4 Å². The lowest BCUT2D eigenvalue weighted by Crippen LogP contribution is -2.21. The molecule has 0 fully saturated rings. The maximum absolute atomic E-state index is 12.1. The van der Waals surface area contributed by atoms with E-state index in [4.69, 9.17) is 4.74 Å². The molecule has 2 aromatic rings. The van der Waals surface area contributed by atoms with Crippen molar-refractivity contribution in [2.75, 3.05) is 30.9 Å². The average Bonchev–Trinajstić information content (AvgIpc) is 2.65. The summed E-state index contributed by atoms with van der Waals surface area (Å²) in [4.78, 5) is 36.4. The lowest BCUT2D eigenvalue weighted by Gasteiger charge is -2.13. The van der Waals surface area contributed by atoms with Crippen molar-refractivity contribution in [1.29, 1.82) is 0 Å². The summed E-state index contributed by atoms with van der Waals surface area (Å²) in [5, 5.41) is 13.9. The molecule has 8 nitrogen and oxygen atoms in total. The highest BCUT2D eigenvalue weighted by atomic mass is 16.6. The second kappa shape index (κ2) is 8.79. The van der Waals surface area contributed by atoms with Crippen molar-refractivity contribution in [3.8, 4) is 0 Å². The van der Waals surface area contributed by atoms with Gasteiger partial charge in [-0.15, -0.1) is 0 Å². The molecule has 8 heteroatoms. The number of hydrogen-bond acceptors (Lipinski definition) is 6. The number of aryl methyl sites for hydroxylation is 1. The van der Waals surface area contributed by atoms with E-state index in [0.717, 1.165) is 18.1 Å². The highest BCUT2D eigenvalue weighted by molar-refractivity contribution is 5.96. The fourth-order valence-corrected chi connectivity index (χ4v) is 2.53. The van der Waals surface area contributed by atoms with E-state index in [0.29, 0.717) is 11.4 Å². The fourth-order valence-electron chi connectivity index (χ4n) is 2.53. The number of nitro groups is 1. The molecule has 142 valence electrons. The summed E-state index contributed by atoms with van der Waals surface area (Å²) in [6, 6.07) is 11.4. The minimum atomic E-state index is -0.803. The Balaban J connectivity index is 2.04. The Hall–Kier alpha value is -3.42. The Morgan fingerprint density at radius 1 is 1.19 bits per heavy atom. The Kier molecular flexibility index (Phi) is 6.48. The number of nitro benzene ring substituents is 1. The number of rotatable bonds is 7. The Bertz CT molecular complexity index is 864. The fraction of sp³-hybridized carbons (Fsp3) is 0.263. The Morgan fingerprint density at radius 3 is 2.52 bits per heavy atom. The summed E-state index contributed by atoms with van der Waals surface area (Å²) in [5.74, 6) is -1.29. The van der Waals surface area contributed by atoms with E-state index in [1.54, 1.807) is 31.1 Å². The highest BCUT2D eigenvalue weighted by Gasteiger charge is 2.20. The van der Waals surface area contributed by atoms with Gasteiger partial charge in [0, 0.05) is 25.8 Å². The van der Waals surface area contributed by atoms with Crippen molar-refractivity contribution in [3.05, 3.63) is 63.7 Å². The average molecular weight is 371 g/mol. The molecule has 0 aliphatic heterocycles. The molecule has 0 atom stereocenters. The standard InChI is InChI=1S/C19H21N3O5/c1-4-13-7-5-6-8-15(13)20-18(23)12-27-19(24)14-9-10-16(21(2)3)17(11-14)22(25)26/h5-11H,4,12H2,1-3H3,(H,20,23). The highest BCUT2D eigenvalue weighted by Crippen LogP contribution is 2.28. The molecule has 1 amide bonds. The number of anilines is 2. The van der Waals surface area contributed by atoms with Crippen molar-refractivity contribution in [1.82, 2.24) is 0 Å². The Labute approximate surface area is 156 Å². The molecule has 0 aromatic heterocycles. The van der Waals surface area contributed by atoms with Gasteiger partial charge in [-0.25, -0.2) is 4.79 Å². The van der Waals surface area contributed by atoms with Crippen molar-refractivity contribution < 1.29 is 19.2 Å². The SMILES string of the molecule is CCc1ccccc1NC(=O)COC(=O)c1ccc(N(C)C)c([N+](=O)[O-])c1. The summed E-state index contributed by atoms with van der Waals surface area (Å²) in [5.41, 5.74) is 1.79. The van der Waals surface area contributed by atoms with Gasteiger partial charge in [-0.2, -0.15) is 0 Å². The zero-order valence-corrected chi connectivity index (χ0v) is 15.4. The molecule has 2 rings (SSSR count). The molecule has 0 aliphatic carbocycles. The van der Waals surface area contributed by atoms with Gasteiger partial charge in [0.1, 0.15) is 5.69 Å². The van der Waals surface area contributed by atoms with Gasteiger partial charge in [-0.1, -0.05) is 25.1 Å². The third-order valence-electron chi connectivity index (χ3n) is 3.90. The van der Waals surface area contributed by atoms with Crippen LogP contribution < -0.4 is 10.2 Å². The first-order valence-corrected chi connectivity index (χ1v) is 8.34. The monoisotopic (exact) mass is 371 g/mol. The van der Waals surface area contributed by atoms with Gasteiger partial charge in [0.15, 0.2) is 6.61 Å². The smallest absolute Gasteiger partial charge is 0.338 e. The first kappa shape index (κ1) is 19.9. The summed E-state index contributed by atoms with van der Waals surface area (Å²) in [7, 11) is 3.33. The maximum Gasteiger partial charge on any atom is 0.338 e. The first-order chi connectivity index (χ1) is 12.8. The van der Waals surface area contributed by atoms with Gasteiger partial charge >= 0.3 is 5.97 Å². The third-order valence-corrected chi connectivity index (χ3v) is 3.90. The van der Waals surface area contributed by atoms with Gasteiger partial charge in [0.05, 0.1) is 10.5 Å². The second-order valence-electron chi connectivity index (χ2n) is 5.99. The van der Waals surface area contributed by atoms with Crippen LogP contribution in [0.4, 0.5) is 17.1 Å². The quantitative estimate of drug-likeness (QED) is 0.456. The summed E-state index contributed by atoms with van der Waals surface area (Å²) in [6.45, 7) is 1.48. The summed E-state index contributed by atoms with van der Waals surface area (Å²) < 4.78 is 4.98. The predicted molar refractivity (Wildman–Crippen MR) is 102 cm³/mol. The van der Waals surface area contributed by atoms with Crippen LogP contribution >= 0.6 is 0 Å². The molecule has 0 aliphatic rings. The van der Waals surface area contributed by atoms with Crippen LogP contribution in [0.5, 0.6) is 0 Å². The third kappa shape index (κ3) is 5.04. The largest absolute Gasteiger partial charge is 0.452 e. The maximum atomic E-state index is 12.1. The minimum absolute atomic E-state index is 0.00839. The van der Waals surface area contributed by atoms with Crippen molar-refractivity contribution in [2.45, 2.75) is 13.3 Å². The zero-order valence-electron chi connectivity index (χ0n) is 15.4. The molecule has 0 bridgehead atoms. The lowest BCUT2D eigenvalue weighted by atomic mass is 10.1. The van der Waals surface area contributed by atoms with Crippen LogP contribution in [-0.2, 0) is 16.0 Å². The zero-order chi connectivity index (χ0) is 20.0. The lowest BCUT2D eigenvalue weighted by molar-refractivity contribution is -0.384. The van der Waals surface area contributed by atoms with E-state index >= 15 is 0 Å². The molecule has 1 N–H and O–H groups in total. The number of carbonyl (C=O) groups excluding carboxylic acids is 2. The first-order valence-electron chi connectivity index (χ1n) is 8.34.